The van der Waals surface area contributed by atoms with E-state index >= 15 is 0 Å². The van der Waals surface area contributed by atoms with Crippen molar-refractivity contribution in [2.45, 2.75) is 195 Å². The number of carboxylic acid groups (broad SMARTS) is 1. The van der Waals surface area contributed by atoms with Crippen molar-refractivity contribution in [1.82, 2.24) is 0 Å². The molecule has 350 valence electrons. The highest BCUT2D eigenvalue weighted by Gasteiger charge is 2.21. The maximum atomic E-state index is 13.5. The zero-order chi connectivity index (χ0) is 45.1. The van der Waals surface area contributed by atoms with E-state index < -0.39 is 5.97 Å². The molecule has 0 spiro atoms. The van der Waals surface area contributed by atoms with Crippen molar-refractivity contribution < 1.29 is 43.5 Å². The molecule has 4 aromatic carbocycles. The average Bonchev–Trinajstić information content (AvgIpc) is 3.27. The molecule has 0 aliphatic rings. The van der Waals surface area contributed by atoms with Crippen molar-refractivity contribution in [1.29, 1.82) is 0 Å². The number of hydrogen-bond acceptors (Lipinski definition) is 8. The predicted molar refractivity (Wildman–Crippen MR) is 259 cm³/mol. The predicted octanol–water partition coefficient (Wildman–Crippen LogP) is 15.6. The van der Waals surface area contributed by atoms with Crippen LogP contribution in [-0.4, -0.2) is 48.6 Å². The minimum Gasteiger partial charge on any atom is -0.504 e. The van der Waals surface area contributed by atoms with E-state index in [2.05, 4.69) is 39.8 Å². The molecule has 0 radical (unpaired) electrons. The first-order valence-corrected chi connectivity index (χ1v) is 25.0. The summed E-state index contributed by atoms with van der Waals surface area (Å²) in [5.41, 5.74) is 0. The molecule has 0 bridgehead atoms. The number of fused-ring (bicyclic) bond motifs is 6. The highest BCUT2D eigenvalue weighted by atomic mass is 16.6. The maximum absolute atomic E-state index is 13.5. The molecule has 0 heterocycles. The zero-order valence-corrected chi connectivity index (χ0v) is 39.4. The lowest BCUT2D eigenvalue weighted by atomic mass is 9.93. The van der Waals surface area contributed by atoms with Crippen molar-refractivity contribution in [3.8, 4) is 34.5 Å². The van der Waals surface area contributed by atoms with E-state index in [0.29, 0.717) is 61.6 Å². The van der Waals surface area contributed by atoms with Crippen LogP contribution in [0.4, 0.5) is 0 Å². The van der Waals surface area contributed by atoms with Crippen LogP contribution >= 0.6 is 0 Å². The maximum Gasteiger partial charge on any atom is 0.311 e. The van der Waals surface area contributed by atoms with Gasteiger partial charge in [0.25, 0.3) is 0 Å². The number of ether oxygens (including phenoxy) is 5. The lowest BCUT2D eigenvalue weighted by Crippen LogP contribution is -2.09. The van der Waals surface area contributed by atoms with Gasteiger partial charge >= 0.3 is 11.9 Å². The molecule has 0 aromatic heterocycles. The number of carbonyl (C=O) groups is 2. The molecule has 9 heteroatoms. The fourth-order valence-corrected chi connectivity index (χ4v) is 8.18. The Labute approximate surface area is 378 Å². The second kappa shape index (κ2) is 29.9. The van der Waals surface area contributed by atoms with Gasteiger partial charge in [-0.15, -0.1) is 0 Å². The standard InChI is InChI=1S/C54H80O9/c1-5-9-13-25-31-59-48-36-42-41(35-47(48)55)46-40-52(63-54(58)30-24-22-20-18-17-19-21-23-29-53(56)57)51(62-34-28-16-12-8-4)39-45(46)44-38-50(61-33-27-15-11-7-3)49(37-43(42)44)60-32-26-14-10-6-2/h35-40,55H,5-34H2,1-4H3,(H,56,57). The van der Waals surface area contributed by atoms with Crippen LogP contribution in [0.1, 0.15) is 195 Å². The van der Waals surface area contributed by atoms with Gasteiger partial charge in [-0.3, -0.25) is 9.59 Å². The Morgan fingerprint density at radius 1 is 0.381 bits per heavy atom. The lowest BCUT2D eigenvalue weighted by Gasteiger charge is -2.19. The number of carboxylic acids is 1. The molecule has 63 heavy (non-hydrogen) atoms. The number of rotatable bonds is 36. The van der Waals surface area contributed by atoms with Gasteiger partial charge in [0, 0.05) is 12.8 Å². The van der Waals surface area contributed by atoms with Crippen LogP contribution in [0.15, 0.2) is 36.4 Å². The van der Waals surface area contributed by atoms with Gasteiger partial charge in [0.1, 0.15) is 0 Å². The number of phenolic OH excluding ortho intramolecular Hbond substituents is 1. The second-order valence-electron chi connectivity index (χ2n) is 17.4. The SMILES string of the molecule is CCCCCCOc1cc2c(cc1O)c1cc(OC(=O)CCCCCCCCCCC(=O)O)c(OCCCCCC)cc1c1cc(OCCCCCC)c(OCCCCCC)cc21. The van der Waals surface area contributed by atoms with E-state index in [-0.39, 0.29) is 18.1 Å². The molecule has 0 fully saturated rings. The first-order valence-electron chi connectivity index (χ1n) is 25.0. The Hall–Kier alpha value is -4.40. The van der Waals surface area contributed by atoms with Gasteiger partial charge in [-0.25, -0.2) is 0 Å². The summed E-state index contributed by atoms with van der Waals surface area (Å²) < 4.78 is 32.0. The quantitative estimate of drug-likeness (QED) is 0.0199. The number of esters is 1. The Morgan fingerprint density at radius 2 is 0.683 bits per heavy atom. The minimum atomic E-state index is -0.731. The molecule has 0 amide bonds. The zero-order valence-electron chi connectivity index (χ0n) is 39.4. The number of benzene rings is 4. The highest BCUT2D eigenvalue weighted by Crippen LogP contribution is 2.47. The molecule has 4 aromatic rings. The van der Waals surface area contributed by atoms with Gasteiger partial charge < -0.3 is 33.9 Å². The van der Waals surface area contributed by atoms with Gasteiger partial charge in [0.15, 0.2) is 34.5 Å². The van der Waals surface area contributed by atoms with Crippen molar-refractivity contribution >= 4 is 44.3 Å². The molecule has 0 aliphatic heterocycles. The van der Waals surface area contributed by atoms with Crippen molar-refractivity contribution in [2.24, 2.45) is 0 Å². The average molecular weight is 873 g/mol. The summed E-state index contributed by atoms with van der Waals surface area (Å²) in [6.45, 7) is 11.0. The van der Waals surface area contributed by atoms with Gasteiger partial charge in [-0.1, -0.05) is 143 Å². The Kier molecular flexibility index (Phi) is 24.3. The first kappa shape index (κ1) is 51.2. The van der Waals surface area contributed by atoms with Crippen LogP contribution in [0, 0.1) is 0 Å². The second-order valence-corrected chi connectivity index (χ2v) is 17.4. The molecule has 0 aliphatic carbocycles. The summed E-state index contributed by atoms with van der Waals surface area (Å²) in [6.07, 6.45) is 25.3. The molecule has 0 unspecified atom stereocenters. The number of aromatic hydroxyl groups is 1. The topological polar surface area (TPSA) is 121 Å². The Morgan fingerprint density at radius 3 is 1.08 bits per heavy atom. The minimum absolute atomic E-state index is 0.0631. The summed E-state index contributed by atoms with van der Waals surface area (Å²) in [5, 5.41) is 25.7. The molecule has 2 N–H and O–H groups in total. The summed E-state index contributed by atoms with van der Waals surface area (Å²) >= 11 is 0. The summed E-state index contributed by atoms with van der Waals surface area (Å²) in [6, 6.07) is 11.8. The Bertz CT molecular complexity index is 1950. The number of aliphatic carboxylic acids is 1. The third kappa shape index (κ3) is 17.6. The van der Waals surface area contributed by atoms with Crippen molar-refractivity contribution in [2.75, 3.05) is 26.4 Å². The van der Waals surface area contributed by atoms with Crippen LogP contribution in [-0.2, 0) is 9.59 Å². The number of carbonyl (C=O) groups excluding carboxylic acids is 1. The van der Waals surface area contributed by atoms with E-state index in [0.717, 1.165) is 174 Å². The van der Waals surface area contributed by atoms with E-state index in [9.17, 15) is 14.7 Å². The van der Waals surface area contributed by atoms with Crippen LogP contribution in [0.5, 0.6) is 34.5 Å². The van der Waals surface area contributed by atoms with Crippen LogP contribution < -0.4 is 23.7 Å². The largest absolute Gasteiger partial charge is 0.504 e. The summed E-state index contributed by atoms with van der Waals surface area (Å²) in [7, 11) is 0. The molecule has 9 nitrogen and oxygen atoms in total. The monoisotopic (exact) mass is 873 g/mol. The molecular weight excluding hydrogens is 793 g/mol. The molecule has 0 saturated heterocycles. The Balaban J connectivity index is 1.75. The molecule has 4 rings (SSSR count). The van der Waals surface area contributed by atoms with Gasteiger partial charge in [-0.05, 0) is 107 Å². The smallest absolute Gasteiger partial charge is 0.311 e. The first-order chi connectivity index (χ1) is 30.8. The van der Waals surface area contributed by atoms with E-state index in [4.69, 9.17) is 28.8 Å². The van der Waals surface area contributed by atoms with Crippen LogP contribution in [0.25, 0.3) is 32.3 Å². The lowest BCUT2D eigenvalue weighted by molar-refractivity contribution is -0.137. The number of hydrogen-bond donors (Lipinski definition) is 2. The van der Waals surface area contributed by atoms with Crippen molar-refractivity contribution in [3.05, 3.63) is 36.4 Å². The van der Waals surface area contributed by atoms with E-state index in [1.807, 2.05) is 18.2 Å². The summed E-state index contributed by atoms with van der Waals surface area (Å²) in [5.74, 6) is 1.78. The molecule has 0 saturated carbocycles. The number of phenols is 1. The highest BCUT2D eigenvalue weighted by molar-refractivity contribution is 6.27. The van der Waals surface area contributed by atoms with Gasteiger partial charge in [-0.2, -0.15) is 0 Å². The third-order valence-electron chi connectivity index (χ3n) is 11.9. The fraction of sp³-hybridized carbons (Fsp3) is 0.630. The van der Waals surface area contributed by atoms with E-state index in [1.165, 1.54) is 12.8 Å². The number of unbranched alkanes of at least 4 members (excludes halogenated alkanes) is 19. The molecular formula is C54H80O9. The third-order valence-corrected chi connectivity index (χ3v) is 11.9. The summed E-state index contributed by atoms with van der Waals surface area (Å²) in [4.78, 5) is 24.3. The van der Waals surface area contributed by atoms with E-state index in [1.54, 1.807) is 6.07 Å². The molecule has 0 atom stereocenters. The van der Waals surface area contributed by atoms with Crippen LogP contribution in [0.3, 0.4) is 0 Å². The fourth-order valence-electron chi connectivity index (χ4n) is 8.18. The van der Waals surface area contributed by atoms with Gasteiger partial charge in [0.2, 0.25) is 0 Å². The van der Waals surface area contributed by atoms with Gasteiger partial charge in [0.05, 0.1) is 26.4 Å². The van der Waals surface area contributed by atoms with Crippen molar-refractivity contribution in [3.63, 3.8) is 0 Å². The van der Waals surface area contributed by atoms with Crippen LogP contribution in [0.2, 0.25) is 0 Å². The normalized spacial score (nSPS) is 11.4.